The highest BCUT2D eigenvalue weighted by atomic mass is 16.5. The molecule has 1 aliphatic rings. The molecular formula is C17H15NO2. The fraction of sp³-hybridized carbons (Fsp3) is 0.235. The van der Waals surface area contributed by atoms with Crippen LogP contribution in [0, 0.1) is 11.3 Å². The van der Waals surface area contributed by atoms with Crippen molar-refractivity contribution in [3.63, 3.8) is 0 Å². The van der Waals surface area contributed by atoms with Crippen molar-refractivity contribution in [1.82, 2.24) is 0 Å². The molecule has 0 N–H and O–H groups in total. The molecule has 100 valence electrons. The van der Waals surface area contributed by atoms with Crippen molar-refractivity contribution < 1.29 is 9.47 Å². The Kier molecular flexibility index (Phi) is 3.56. The average molecular weight is 265 g/mol. The van der Waals surface area contributed by atoms with Gasteiger partial charge in [-0.25, -0.2) is 0 Å². The number of hydrogen-bond acceptors (Lipinski definition) is 3. The van der Waals surface area contributed by atoms with Gasteiger partial charge in [-0.05, 0) is 29.3 Å². The topological polar surface area (TPSA) is 42.2 Å². The summed E-state index contributed by atoms with van der Waals surface area (Å²) in [4.78, 5) is 0. The Balaban J connectivity index is 1.62. The highest BCUT2D eigenvalue weighted by molar-refractivity contribution is 5.43. The molecule has 0 saturated heterocycles. The Bertz CT molecular complexity index is 658. The van der Waals surface area contributed by atoms with Crippen LogP contribution in [0.2, 0.25) is 0 Å². The maximum absolute atomic E-state index is 9.00. The Hall–Kier alpha value is -2.47. The zero-order valence-corrected chi connectivity index (χ0v) is 11.1. The van der Waals surface area contributed by atoms with Crippen molar-refractivity contribution >= 4 is 0 Å². The van der Waals surface area contributed by atoms with E-state index in [1.807, 2.05) is 24.3 Å². The van der Waals surface area contributed by atoms with E-state index in [0.717, 1.165) is 25.2 Å². The van der Waals surface area contributed by atoms with Crippen molar-refractivity contribution in [2.45, 2.75) is 12.8 Å². The molecule has 0 fully saturated rings. The minimum atomic E-state index is 0.568. The summed E-state index contributed by atoms with van der Waals surface area (Å²) in [5.41, 5.74) is 3.10. The van der Waals surface area contributed by atoms with Gasteiger partial charge in [-0.2, -0.15) is 5.26 Å². The molecule has 2 aromatic carbocycles. The van der Waals surface area contributed by atoms with Crippen LogP contribution in [0.3, 0.4) is 0 Å². The van der Waals surface area contributed by atoms with Gasteiger partial charge >= 0.3 is 0 Å². The lowest BCUT2D eigenvalue weighted by atomic mass is 10.1. The number of ether oxygens (including phenoxy) is 2. The molecule has 0 aliphatic carbocycles. The maximum atomic E-state index is 9.00. The fourth-order valence-electron chi connectivity index (χ4n) is 2.36. The van der Waals surface area contributed by atoms with Gasteiger partial charge in [-0.3, -0.25) is 0 Å². The summed E-state index contributed by atoms with van der Waals surface area (Å²) in [5, 5.41) is 9.00. The average Bonchev–Trinajstić information content (AvgIpc) is 2.95. The molecule has 1 heterocycles. The van der Waals surface area contributed by atoms with E-state index in [1.54, 1.807) is 6.07 Å². The molecule has 3 rings (SSSR count). The molecule has 0 spiro atoms. The van der Waals surface area contributed by atoms with Crippen LogP contribution in [-0.2, 0) is 12.8 Å². The maximum Gasteiger partial charge on any atom is 0.137 e. The first kappa shape index (κ1) is 12.6. The second kappa shape index (κ2) is 5.66. The zero-order chi connectivity index (χ0) is 13.8. The van der Waals surface area contributed by atoms with Gasteiger partial charge in [0.2, 0.25) is 0 Å². The second-order valence-electron chi connectivity index (χ2n) is 4.75. The van der Waals surface area contributed by atoms with Crippen LogP contribution in [0.4, 0.5) is 0 Å². The Morgan fingerprint density at radius 2 is 2.10 bits per heavy atom. The number of benzene rings is 2. The second-order valence-corrected chi connectivity index (χ2v) is 4.75. The van der Waals surface area contributed by atoms with E-state index >= 15 is 0 Å². The van der Waals surface area contributed by atoms with Gasteiger partial charge in [0.15, 0.2) is 0 Å². The Morgan fingerprint density at radius 3 is 3.00 bits per heavy atom. The lowest BCUT2D eigenvalue weighted by Gasteiger charge is -2.08. The third kappa shape index (κ3) is 2.60. The monoisotopic (exact) mass is 265 g/mol. The summed E-state index contributed by atoms with van der Waals surface area (Å²) in [7, 11) is 0. The van der Waals surface area contributed by atoms with E-state index < -0.39 is 0 Å². The first-order chi connectivity index (χ1) is 9.86. The molecule has 0 unspecified atom stereocenters. The van der Waals surface area contributed by atoms with Crippen LogP contribution in [0.15, 0.2) is 42.5 Å². The van der Waals surface area contributed by atoms with Gasteiger partial charge in [0, 0.05) is 12.8 Å². The minimum Gasteiger partial charge on any atom is -0.493 e. The van der Waals surface area contributed by atoms with Gasteiger partial charge in [0.1, 0.15) is 17.6 Å². The van der Waals surface area contributed by atoms with Crippen LogP contribution in [0.1, 0.15) is 16.7 Å². The van der Waals surface area contributed by atoms with Crippen molar-refractivity contribution in [3.8, 4) is 17.6 Å². The summed E-state index contributed by atoms with van der Waals surface area (Å²) < 4.78 is 11.2. The van der Waals surface area contributed by atoms with E-state index in [2.05, 4.69) is 18.2 Å². The van der Waals surface area contributed by atoms with Crippen LogP contribution in [0.5, 0.6) is 11.5 Å². The third-order valence-electron chi connectivity index (χ3n) is 3.41. The lowest BCUT2D eigenvalue weighted by molar-refractivity contribution is 0.321. The fourth-order valence-corrected chi connectivity index (χ4v) is 2.36. The highest BCUT2D eigenvalue weighted by Gasteiger charge is 2.11. The molecule has 2 aromatic rings. The van der Waals surface area contributed by atoms with Crippen LogP contribution in [-0.4, -0.2) is 13.2 Å². The van der Waals surface area contributed by atoms with Crippen molar-refractivity contribution in [1.29, 1.82) is 5.26 Å². The number of rotatable bonds is 4. The molecule has 20 heavy (non-hydrogen) atoms. The summed E-state index contributed by atoms with van der Waals surface area (Å²) in [5.74, 6) is 1.66. The SMILES string of the molecule is N#Cc1ccccc1OCCc1ccc2c(c1)CCO2. The van der Waals surface area contributed by atoms with Gasteiger partial charge < -0.3 is 9.47 Å². The Morgan fingerprint density at radius 1 is 1.20 bits per heavy atom. The van der Waals surface area contributed by atoms with E-state index in [0.29, 0.717) is 17.9 Å². The molecule has 0 bridgehead atoms. The summed E-state index contributed by atoms with van der Waals surface area (Å²) >= 11 is 0. The summed E-state index contributed by atoms with van der Waals surface area (Å²) in [6, 6.07) is 15.7. The molecule has 3 nitrogen and oxygen atoms in total. The first-order valence-electron chi connectivity index (χ1n) is 6.73. The molecule has 0 aromatic heterocycles. The van der Waals surface area contributed by atoms with Gasteiger partial charge in [-0.1, -0.05) is 24.3 Å². The molecule has 1 aliphatic heterocycles. The third-order valence-corrected chi connectivity index (χ3v) is 3.41. The normalized spacial score (nSPS) is 12.3. The zero-order valence-electron chi connectivity index (χ0n) is 11.1. The van der Waals surface area contributed by atoms with Crippen molar-refractivity contribution in [2.24, 2.45) is 0 Å². The molecule has 3 heteroatoms. The molecule has 0 radical (unpaired) electrons. The summed E-state index contributed by atoms with van der Waals surface area (Å²) in [6.07, 6.45) is 1.81. The number of nitriles is 1. The van der Waals surface area contributed by atoms with Crippen LogP contribution in [0.25, 0.3) is 0 Å². The molecule has 0 amide bonds. The summed E-state index contributed by atoms with van der Waals surface area (Å²) in [6.45, 7) is 1.35. The van der Waals surface area contributed by atoms with Gasteiger partial charge in [0.05, 0.1) is 18.8 Å². The van der Waals surface area contributed by atoms with E-state index in [1.165, 1.54) is 11.1 Å². The highest BCUT2D eigenvalue weighted by Crippen LogP contribution is 2.26. The number of nitrogens with zero attached hydrogens (tertiary/aromatic N) is 1. The van der Waals surface area contributed by atoms with Crippen molar-refractivity contribution in [2.75, 3.05) is 13.2 Å². The first-order valence-corrected chi connectivity index (χ1v) is 6.73. The van der Waals surface area contributed by atoms with Crippen LogP contribution < -0.4 is 9.47 Å². The lowest BCUT2D eigenvalue weighted by Crippen LogP contribution is -2.02. The smallest absolute Gasteiger partial charge is 0.137 e. The minimum absolute atomic E-state index is 0.568. The number of fused-ring (bicyclic) bond motifs is 1. The molecular weight excluding hydrogens is 250 g/mol. The van der Waals surface area contributed by atoms with E-state index in [9.17, 15) is 0 Å². The largest absolute Gasteiger partial charge is 0.493 e. The van der Waals surface area contributed by atoms with Gasteiger partial charge in [0.25, 0.3) is 0 Å². The molecule has 0 saturated carbocycles. The predicted octanol–water partition coefficient (Wildman–Crippen LogP) is 3.11. The van der Waals surface area contributed by atoms with E-state index in [-0.39, 0.29) is 0 Å². The predicted molar refractivity (Wildman–Crippen MR) is 76.0 cm³/mol. The number of para-hydroxylation sites is 1. The van der Waals surface area contributed by atoms with Crippen LogP contribution >= 0.6 is 0 Å². The Labute approximate surface area is 118 Å². The quantitative estimate of drug-likeness (QED) is 0.853. The number of hydrogen-bond donors (Lipinski definition) is 0. The van der Waals surface area contributed by atoms with Gasteiger partial charge in [-0.15, -0.1) is 0 Å². The van der Waals surface area contributed by atoms with E-state index in [4.69, 9.17) is 14.7 Å². The standard InChI is InChI=1S/C17H15NO2/c18-12-15-3-1-2-4-16(15)19-9-7-13-5-6-17-14(11-13)8-10-20-17/h1-6,11H,7-10H2. The molecule has 0 atom stereocenters. The van der Waals surface area contributed by atoms with Crippen molar-refractivity contribution in [3.05, 3.63) is 59.2 Å².